The fourth-order valence-corrected chi connectivity index (χ4v) is 4.04. The lowest BCUT2D eigenvalue weighted by molar-refractivity contribution is -0.143. The molecule has 0 spiro atoms. The van der Waals surface area contributed by atoms with E-state index in [0.717, 1.165) is 12.8 Å². The number of aliphatic hydroxyl groups excluding tert-OH is 2. The summed E-state index contributed by atoms with van der Waals surface area (Å²) in [6.07, 6.45) is 23.7. The first-order valence-electron chi connectivity index (χ1n) is 12.6. The number of hydrogen-bond donors (Lipinski definition) is 3. The van der Waals surface area contributed by atoms with Gasteiger partial charge in [0.15, 0.2) is 0 Å². The van der Waals surface area contributed by atoms with E-state index < -0.39 is 18.0 Å². The lowest BCUT2D eigenvalue weighted by atomic mass is 9.94. The number of rotatable bonds is 23. The van der Waals surface area contributed by atoms with Crippen molar-refractivity contribution in [3.05, 3.63) is 0 Å². The summed E-state index contributed by atoms with van der Waals surface area (Å²) in [5.41, 5.74) is 0. The Morgan fingerprint density at radius 1 is 0.655 bits per heavy atom. The molecule has 29 heavy (non-hydrogen) atoms. The minimum atomic E-state index is -0.911. The van der Waals surface area contributed by atoms with Gasteiger partial charge in [0.2, 0.25) is 0 Å². The maximum atomic E-state index is 11.2. The Morgan fingerprint density at radius 3 is 1.31 bits per heavy atom. The predicted octanol–water partition coefficient (Wildman–Crippen LogP) is 6.86. The Bertz CT molecular complexity index is 346. The Labute approximate surface area is 180 Å². The van der Waals surface area contributed by atoms with Gasteiger partial charge >= 0.3 is 5.97 Å². The topological polar surface area (TPSA) is 77.8 Å². The Balaban J connectivity index is 3.28. The molecule has 0 saturated heterocycles. The molecule has 0 heterocycles. The molecule has 0 aromatic rings. The average Bonchev–Trinajstić information content (AvgIpc) is 2.71. The van der Waals surface area contributed by atoms with Crippen LogP contribution in [0, 0.1) is 5.92 Å². The summed E-state index contributed by atoms with van der Waals surface area (Å²) in [4.78, 5) is 11.2. The molecule has 3 N–H and O–H groups in total. The van der Waals surface area contributed by atoms with E-state index in [1.807, 2.05) is 0 Å². The smallest absolute Gasteiger partial charge is 0.306 e. The number of aliphatic carboxylic acids is 1. The fraction of sp³-hybridized carbons (Fsp3) is 0.960. The number of unbranched alkanes of at least 4 members (excludes halogenated alkanes) is 17. The van der Waals surface area contributed by atoms with Crippen LogP contribution in [0.2, 0.25) is 0 Å². The van der Waals surface area contributed by atoms with Crippen molar-refractivity contribution in [2.75, 3.05) is 6.61 Å². The summed E-state index contributed by atoms with van der Waals surface area (Å²) in [6.45, 7) is 1.91. The molecule has 2 atom stereocenters. The molecule has 0 radical (unpaired) electrons. The summed E-state index contributed by atoms with van der Waals surface area (Å²) in [7, 11) is 0. The van der Waals surface area contributed by atoms with Crippen LogP contribution < -0.4 is 0 Å². The van der Waals surface area contributed by atoms with Crippen LogP contribution in [0.3, 0.4) is 0 Å². The van der Waals surface area contributed by atoms with Gasteiger partial charge in [0.05, 0.1) is 18.6 Å². The third kappa shape index (κ3) is 20.4. The number of aliphatic hydroxyl groups is 2. The van der Waals surface area contributed by atoms with Gasteiger partial charge in [-0.3, -0.25) is 4.79 Å². The molecule has 0 rings (SSSR count). The van der Waals surface area contributed by atoms with Crippen LogP contribution in [0.1, 0.15) is 135 Å². The van der Waals surface area contributed by atoms with Gasteiger partial charge in [-0.05, 0) is 12.8 Å². The van der Waals surface area contributed by atoms with Gasteiger partial charge in [-0.1, -0.05) is 122 Å². The third-order valence-corrected chi connectivity index (χ3v) is 6.02. The lowest BCUT2D eigenvalue weighted by Crippen LogP contribution is -2.23. The molecule has 174 valence electrons. The molecule has 4 heteroatoms. The van der Waals surface area contributed by atoms with Crippen molar-refractivity contribution in [2.24, 2.45) is 5.92 Å². The molecule has 0 amide bonds. The first-order chi connectivity index (χ1) is 14.1. The van der Waals surface area contributed by atoms with E-state index in [2.05, 4.69) is 6.92 Å². The second kappa shape index (κ2) is 22.1. The van der Waals surface area contributed by atoms with Gasteiger partial charge in [0.1, 0.15) is 0 Å². The molecule has 2 unspecified atom stereocenters. The number of carboxylic acids is 1. The van der Waals surface area contributed by atoms with E-state index in [9.17, 15) is 9.90 Å². The van der Waals surface area contributed by atoms with E-state index in [4.69, 9.17) is 10.2 Å². The zero-order chi connectivity index (χ0) is 21.6. The van der Waals surface area contributed by atoms with Gasteiger partial charge in [-0.15, -0.1) is 0 Å². The molecule has 0 aromatic heterocycles. The number of carboxylic acid groups (broad SMARTS) is 1. The van der Waals surface area contributed by atoms with Crippen LogP contribution in [0.5, 0.6) is 0 Å². The molecule has 0 aliphatic rings. The van der Waals surface area contributed by atoms with Crippen molar-refractivity contribution in [2.45, 2.75) is 141 Å². The number of hydrogen-bond acceptors (Lipinski definition) is 3. The first-order valence-corrected chi connectivity index (χ1v) is 12.6. The van der Waals surface area contributed by atoms with E-state index in [1.165, 1.54) is 103 Å². The van der Waals surface area contributed by atoms with Gasteiger partial charge < -0.3 is 15.3 Å². The van der Waals surface area contributed by atoms with Crippen molar-refractivity contribution >= 4 is 5.97 Å². The Hall–Kier alpha value is -0.610. The highest BCUT2D eigenvalue weighted by atomic mass is 16.4. The van der Waals surface area contributed by atoms with Crippen LogP contribution in [-0.4, -0.2) is 34.0 Å². The van der Waals surface area contributed by atoms with Gasteiger partial charge in [-0.2, -0.15) is 0 Å². The highest BCUT2D eigenvalue weighted by molar-refractivity contribution is 5.69. The van der Waals surface area contributed by atoms with Crippen molar-refractivity contribution < 1.29 is 20.1 Å². The van der Waals surface area contributed by atoms with E-state index in [-0.39, 0.29) is 13.0 Å². The van der Waals surface area contributed by atoms with Crippen LogP contribution in [-0.2, 0) is 4.79 Å². The van der Waals surface area contributed by atoms with Gasteiger partial charge in [0, 0.05) is 0 Å². The van der Waals surface area contributed by atoms with E-state index in [0.29, 0.717) is 6.42 Å². The Morgan fingerprint density at radius 2 is 1.00 bits per heavy atom. The van der Waals surface area contributed by atoms with Crippen LogP contribution in [0.4, 0.5) is 0 Å². The SMILES string of the molecule is CCCCCCCCCCCCCCCCCCCCC(CC(O)CO)C(=O)O. The number of carbonyl (C=O) groups is 1. The average molecular weight is 415 g/mol. The van der Waals surface area contributed by atoms with Crippen molar-refractivity contribution in [1.29, 1.82) is 0 Å². The normalized spacial score (nSPS) is 13.5. The van der Waals surface area contributed by atoms with E-state index in [1.54, 1.807) is 0 Å². The third-order valence-electron chi connectivity index (χ3n) is 6.02. The largest absolute Gasteiger partial charge is 0.481 e. The second-order valence-corrected chi connectivity index (χ2v) is 8.91. The molecule has 0 bridgehead atoms. The maximum Gasteiger partial charge on any atom is 0.306 e. The fourth-order valence-electron chi connectivity index (χ4n) is 4.04. The summed E-state index contributed by atoms with van der Waals surface area (Å²) in [6, 6.07) is 0. The monoisotopic (exact) mass is 414 g/mol. The zero-order valence-electron chi connectivity index (χ0n) is 19.3. The van der Waals surface area contributed by atoms with Crippen LogP contribution in [0.15, 0.2) is 0 Å². The van der Waals surface area contributed by atoms with Crippen LogP contribution in [0.25, 0.3) is 0 Å². The summed E-state index contributed by atoms with van der Waals surface area (Å²) < 4.78 is 0. The van der Waals surface area contributed by atoms with Crippen LogP contribution >= 0.6 is 0 Å². The standard InChI is InChI=1S/C25H50O4/c1-2-3-4-5-6-7-8-9-10-11-12-13-14-15-16-17-18-19-20-23(25(28)29)21-24(27)22-26/h23-24,26-27H,2-22H2,1H3,(H,28,29). The zero-order valence-corrected chi connectivity index (χ0v) is 19.3. The first kappa shape index (κ1) is 28.4. The summed E-state index contributed by atoms with van der Waals surface area (Å²) in [5, 5.41) is 27.4. The second-order valence-electron chi connectivity index (χ2n) is 8.91. The molecule has 0 fully saturated rings. The molecule has 0 saturated carbocycles. The molecular weight excluding hydrogens is 364 g/mol. The molecule has 4 nitrogen and oxygen atoms in total. The quantitative estimate of drug-likeness (QED) is 0.160. The van der Waals surface area contributed by atoms with E-state index >= 15 is 0 Å². The lowest BCUT2D eigenvalue weighted by Gasteiger charge is -2.15. The summed E-state index contributed by atoms with van der Waals surface area (Å²) in [5.74, 6) is -1.39. The van der Waals surface area contributed by atoms with Crippen molar-refractivity contribution in [1.82, 2.24) is 0 Å². The molecule has 0 aliphatic heterocycles. The maximum absolute atomic E-state index is 11.2. The highest BCUT2D eigenvalue weighted by Crippen LogP contribution is 2.18. The predicted molar refractivity (Wildman–Crippen MR) is 122 cm³/mol. The minimum Gasteiger partial charge on any atom is -0.481 e. The molecular formula is C25H50O4. The minimum absolute atomic E-state index is 0.158. The molecule has 0 aromatic carbocycles. The van der Waals surface area contributed by atoms with Crippen molar-refractivity contribution in [3.8, 4) is 0 Å². The summed E-state index contributed by atoms with van der Waals surface area (Å²) >= 11 is 0. The highest BCUT2D eigenvalue weighted by Gasteiger charge is 2.20. The Kier molecular flexibility index (Phi) is 21.6. The van der Waals surface area contributed by atoms with Crippen molar-refractivity contribution in [3.63, 3.8) is 0 Å². The molecule has 0 aliphatic carbocycles. The van der Waals surface area contributed by atoms with Gasteiger partial charge in [-0.25, -0.2) is 0 Å². The van der Waals surface area contributed by atoms with Gasteiger partial charge in [0.25, 0.3) is 0 Å².